The zero-order valence-corrected chi connectivity index (χ0v) is 10.6. The van der Waals surface area contributed by atoms with Crippen molar-refractivity contribution in [1.82, 2.24) is 0 Å². The summed E-state index contributed by atoms with van der Waals surface area (Å²) in [6, 6.07) is 5.45. The van der Waals surface area contributed by atoms with Crippen LogP contribution in [0.5, 0.6) is 0 Å². The molecule has 0 saturated carbocycles. The molecule has 0 bridgehead atoms. The second-order valence-corrected chi connectivity index (χ2v) is 4.19. The van der Waals surface area contributed by atoms with Crippen LogP contribution in [0.25, 0.3) is 0 Å². The molecule has 0 atom stereocenters. The molecule has 2 N–H and O–H groups in total. The highest BCUT2D eigenvalue weighted by molar-refractivity contribution is 9.09. The molecule has 88 valence electrons. The minimum Gasteiger partial charge on any atom is -0.326 e. The van der Waals surface area contributed by atoms with Gasteiger partial charge >= 0.3 is 0 Å². The molecule has 0 unspecified atom stereocenters. The van der Waals surface area contributed by atoms with Gasteiger partial charge in [0, 0.05) is 17.4 Å². The van der Waals surface area contributed by atoms with E-state index >= 15 is 0 Å². The van der Waals surface area contributed by atoms with Gasteiger partial charge in [-0.1, -0.05) is 22.0 Å². The highest BCUT2D eigenvalue weighted by Gasteiger charge is 2.03. The standard InChI is InChI=1S/C11H14BrNO3/c1-8-6-10(13-11(14)4-5-12)3-2-9(8)7-16-15/h2-3,6,15H,4-5,7H2,1H3,(H,13,14). The lowest BCUT2D eigenvalue weighted by molar-refractivity contribution is -0.253. The number of rotatable bonds is 5. The smallest absolute Gasteiger partial charge is 0.225 e. The van der Waals surface area contributed by atoms with Gasteiger partial charge < -0.3 is 5.32 Å². The van der Waals surface area contributed by atoms with E-state index in [1.165, 1.54) is 0 Å². The molecular weight excluding hydrogens is 274 g/mol. The lowest BCUT2D eigenvalue weighted by atomic mass is 10.1. The maximum atomic E-state index is 11.3. The molecular formula is C11H14BrNO3. The van der Waals surface area contributed by atoms with Crippen LogP contribution in [-0.4, -0.2) is 16.5 Å². The van der Waals surface area contributed by atoms with Crippen molar-refractivity contribution >= 4 is 27.5 Å². The third kappa shape index (κ3) is 3.92. The topological polar surface area (TPSA) is 58.6 Å². The monoisotopic (exact) mass is 287 g/mol. The number of carbonyl (C=O) groups excluding carboxylic acids is 1. The predicted molar refractivity (Wildman–Crippen MR) is 65.6 cm³/mol. The van der Waals surface area contributed by atoms with Crippen LogP contribution in [0.2, 0.25) is 0 Å². The van der Waals surface area contributed by atoms with E-state index in [9.17, 15) is 4.79 Å². The van der Waals surface area contributed by atoms with Crippen LogP contribution >= 0.6 is 15.9 Å². The second kappa shape index (κ2) is 6.62. The maximum Gasteiger partial charge on any atom is 0.225 e. The Bertz CT molecular complexity index is 368. The predicted octanol–water partition coefficient (Wildman–Crippen LogP) is 2.71. The molecule has 1 aromatic carbocycles. The number of halogens is 1. The molecule has 0 heterocycles. The van der Waals surface area contributed by atoms with Crippen molar-refractivity contribution in [2.75, 3.05) is 10.6 Å². The summed E-state index contributed by atoms with van der Waals surface area (Å²) < 4.78 is 0. The van der Waals surface area contributed by atoms with Gasteiger partial charge in [0.2, 0.25) is 5.91 Å². The van der Waals surface area contributed by atoms with Crippen LogP contribution in [0.4, 0.5) is 5.69 Å². The molecule has 0 aromatic heterocycles. The number of amides is 1. The lowest BCUT2D eigenvalue weighted by Gasteiger charge is -2.08. The Morgan fingerprint density at radius 3 is 2.88 bits per heavy atom. The van der Waals surface area contributed by atoms with Gasteiger partial charge in [-0.3, -0.25) is 10.1 Å². The van der Waals surface area contributed by atoms with Gasteiger partial charge in [-0.2, -0.15) is 0 Å². The van der Waals surface area contributed by atoms with Gasteiger partial charge in [0.1, 0.15) is 6.61 Å². The number of aryl methyl sites for hydroxylation is 1. The first-order valence-corrected chi connectivity index (χ1v) is 6.01. The van der Waals surface area contributed by atoms with E-state index in [0.717, 1.165) is 16.8 Å². The number of hydrogen-bond acceptors (Lipinski definition) is 3. The minimum atomic E-state index is -0.0255. The van der Waals surface area contributed by atoms with E-state index in [1.807, 2.05) is 19.1 Å². The summed E-state index contributed by atoms with van der Waals surface area (Å²) in [6.45, 7) is 2.05. The minimum absolute atomic E-state index is 0.0255. The van der Waals surface area contributed by atoms with Gasteiger partial charge in [-0.25, -0.2) is 4.89 Å². The summed E-state index contributed by atoms with van der Waals surface area (Å²) in [6.07, 6.45) is 0.445. The summed E-state index contributed by atoms with van der Waals surface area (Å²) in [5.41, 5.74) is 2.61. The van der Waals surface area contributed by atoms with Crippen molar-refractivity contribution in [2.24, 2.45) is 0 Å². The maximum absolute atomic E-state index is 11.3. The van der Waals surface area contributed by atoms with E-state index in [0.29, 0.717) is 11.8 Å². The number of alkyl halides is 1. The average Bonchev–Trinajstić information content (AvgIpc) is 2.22. The number of hydrogen-bond donors (Lipinski definition) is 2. The Balaban J connectivity index is 2.69. The van der Waals surface area contributed by atoms with Crippen LogP contribution in [0.1, 0.15) is 17.5 Å². The summed E-state index contributed by atoms with van der Waals surface area (Å²) in [4.78, 5) is 15.4. The number of benzene rings is 1. The van der Waals surface area contributed by atoms with Crippen molar-refractivity contribution in [3.8, 4) is 0 Å². The van der Waals surface area contributed by atoms with E-state index < -0.39 is 0 Å². The van der Waals surface area contributed by atoms with Gasteiger partial charge in [-0.15, -0.1) is 0 Å². The van der Waals surface area contributed by atoms with Crippen molar-refractivity contribution in [3.63, 3.8) is 0 Å². The molecule has 0 aliphatic carbocycles. The van der Waals surface area contributed by atoms with E-state index in [1.54, 1.807) is 6.07 Å². The Morgan fingerprint density at radius 1 is 1.56 bits per heavy atom. The average molecular weight is 288 g/mol. The molecule has 0 radical (unpaired) electrons. The summed E-state index contributed by atoms with van der Waals surface area (Å²) in [5, 5.41) is 11.8. The fourth-order valence-electron chi connectivity index (χ4n) is 1.31. The summed E-state index contributed by atoms with van der Waals surface area (Å²) >= 11 is 3.20. The number of nitrogens with one attached hydrogen (secondary N) is 1. The third-order valence-electron chi connectivity index (χ3n) is 2.17. The molecule has 4 nitrogen and oxygen atoms in total. The van der Waals surface area contributed by atoms with Crippen LogP contribution in [0.3, 0.4) is 0 Å². The zero-order chi connectivity index (χ0) is 12.0. The second-order valence-electron chi connectivity index (χ2n) is 3.40. The van der Waals surface area contributed by atoms with Crippen molar-refractivity contribution in [1.29, 1.82) is 0 Å². The Morgan fingerprint density at radius 2 is 2.31 bits per heavy atom. The fraction of sp³-hybridized carbons (Fsp3) is 0.364. The Kier molecular flexibility index (Phi) is 5.45. The third-order valence-corrected chi connectivity index (χ3v) is 2.56. The SMILES string of the molecule is Cc1cc(NC(=O)CCBr)ccc1COO. The van der Waals surface area contributed by atoms with Crippen molar-refractivity contribution < 1.29 is 14.9 Å². The first kappa shape index (κ1) is 13.2. The molecule has 5 heteroatoms. The van der Waals surface area contributed by atoms with Crippen molar-refractivity contribution in [3.05, 3.63) is 29.3 Å². The fourth-order valence-corrected chi connectivity index (χ4v) is 1.67. The van der Waals surface area contributed by atoms with E-state index in [2.05, 4.69) is 26.1 Å². The molecule has 0 saturated heterocycles. The normalized spacial score (nSPS) is 10.2. The Labute approximate surface area is 103 Å². The van der Waals surface area contributed by atoms with Gasteiger partial charge in [0.15, 0.2) is 0 Å². The zero-order valence-electron chi connectivity index (χ0n) is 9.00. The highest BCUT2D eigenvalue weighted by Crippen LogP contribution is 2.16. The molecule has 1 amide bonds. The van der Waals surface area contributed by atoms with E-state index in [4.69, 9.17) is 5.26 Å². The highest BCUT2D eigenvalue weighted by atomic mass is 79.9. The molecule has 0 spiro atoms. The number of anilines is 1. The van der Waals surface area contributed by atoms with Crippen LogP contribution in [-0.2, 0) is 16.3 Å². The van der Waals surface area contributed by atoms with Crippen LogP contribution < -0.4 is 5.32 Å². The van der Waals surface area contributed by atoms with Gasteiger partial charge in [-0.05, 0) is 30.2 Å². The van der Waals surface area contributed by atoms with Crippen LogP contribution in [0.15, 0.2) is 18.2 Å². The summed E-state index contributed by atoms with van der Waals surface area (Å²) in [7, 11) is 0. The van der Waals surface area contributed by atoms with Crippen molar-refractivity contribution in [2.45, 2.75) is 20.0 Å². The first-order valence-electron chi connectivity index (χ1n) is 4.89. The van der Waals surface area contributed by atoms with Crippen LogP contribution in [0, 0.1) is 6.92 Å². The largest absolute Gasteiger partial charge is 0.326 e. The number of carbonyl (C=O) groups is 1. The molecule has 1 rings (SSSR count). The quantitative estimate of drug-likeness (QED) is 0.497. The molecule has 0 fully saturated rings. The first-order chi connectivity index (χ1) is 7.67. The van der Waals surface area contributed by atoms with E-state index in [-0.39, 0.29) is 12.5 Å². The van der Waals surface area contributed by atoms with Gasteiger partial charge in [0.05, 0.1) is 0 Å². The molecule has 0 aliphatic heterocycles. The molecule has 0 aliphatic rings. The lowest BCUT2D eigenvalue weighted by Crippen LogP contribution is -2.11. The molecule has 1 aromatic rings. The Hall–Kier alpha value is -0.910. The summed E-state index contributed by atoms with van der Waals surface area (Å²) in [5.74, 6) is -0.0255. The molecule has 16 heavy (non-hydrogen) atoms. The van der Waals surface area contributed by atoms with Gasteiger partial charge in [0.25, 0.3) is 0 Å².